The minimum absolute atomic E-state index is 0.0392. The zero-order valence-electron chi connectivity index (χ0n) is 16.1. The third-order valence-electron chi connectivity index (χ3n) is 5.43. The molecule has 0 saturated carbocycles. The molecule has 7 nitrogen and oxygen atoms in total. The van der Waals surface area contributed by atoms with E-state index in [4.69, 9.17) is 9.84 Å². The predicted molar refractivity (Wildman–Crippen MR) is 103 cm³/mol. The van der Waals surface area contributed by atoms with Crippen LogP contribution in [0.2, 0.25) is 0 Å². The summed E-state index contributed by atoms with van der Waals surface area (Å²) in [4.78, 5) is 31.2. The number of carbonyl (C=O) groups excluding carboxylic acids is 1. The van der Waals surface area contributed by atoms with Crippen molar-refractivity contribution in [3.05, 3.63) is 30.0 Å². The number of carboxylic acids is 1. The average Bonchev–Trinajstić information content (AvgIpc) is 3.08. The van der Waals surface area contributed by atoms with Crippen LogP contribution in [0.25, 0.3) is 10.9 Å². The maximum Gasteiger partial charge on any atom is 0.303 e. The third kappa shape index (κ3) is 4.24. The predicted octanol–water partition coefficient (Wildman–Crippen LogP) is 2.43. The zero-order valence-corrected chi connectivity index (χ0v) is 16.1. The molecule has 1 aliphatic rings. The van der Waals surface area contributed by atoms with Gasteiger partial charge >= 0.3 is 5.97 Å². The Morgan fingerprint density at radius 1 is 1.33 bits per heavy atom. The highest BCUT2D eigenvalue weighted by Gasteiger charge is 2.33. The van der Waals surface area contributed by atoms with Gasteiger partial charge in [0.25, 0.3) is 5.91 Å². The SMILES string of the molecule is COc1ccc2[nH]c(C(=O)N3CC[C@@H](N(C)C)[C@@H](CCC(=O)O)C3)cc2c1. The lowest BCUT2D eigenvalue weighted by molar-refractivity contribution is -0.137. The van der Waals surface area contributed by atoms with Gasteiger partial charge < -0.3 is 24.6 Å². The van der Waals surface area contributed by atoms with Crippen molar-refractivity contribution >= 4 is 22.8 Å². The molecule has 2 N–H and O–H groups in total. The monoisotopic (exact) mass is 373 g/mol. The van der Waals surface area contributed by atoms with Crippen LogP contribution in [0, 0.1) is 5.92 Å². The molecule has 27 heavy (non-hydrogen) atoms. The van der Waals surface area contributed by atoms with E-state index in [9.17, 15) is 9.59 Å². The molecule has 2 heterocycles. The van der Waals surface area contributed by atoms with E-state index in [1.807, 2.05) is 43.3 Å². The molecule has 0 unspecified atom stereocenters. The van der Waals surface area contributed by atoms with Crippen molar-refractivity contribution in [2.75, 3.05) is 34.3 Å². The topological polar surface area (TPSA) is 85.9 Å². The van der Waals surface area contributed by atoms with E-state index in [0.29, 0.717) is 31.2 Å². The first kappa shape index (κ1) is 19.2. The number of hydrogen-bond acceptors (Lipinski definition) is 4. The molecule has 1 fully saturated rings. The number of aliphatic carboxylic acids is 1. The van der Waals surface area contributed by atoms with Crippen LogP contribution >= 0.6 is 0 Å². The highest BCUT2D eigenvalue weighted by Crippen LogP contribution is 2.27. The minimum atomic E-state index is -0.791. The number of aromatic nitrogens is 1. The molecule has 1 aliphatic heterocycles. The van der Waals surface area contributed by atoms with Gasteiger partial charge in [-0.3, -0.25) is 9.59 Å². The van der Waals surface area contributed by atoms with Crippen molar-refractivity contribution in [3.8, 4) is 5.75 Å². The van der Waals surface area contributed by atoms with Gasteiger partial charge in [0.15, 0.2) is 0 Å². The van der Waals surface area contributed by atoms with E-state index in [2.05, 4.69) is 9.88 Å². The molecular weight excluding hydrogens is 346 g/mol. The lowest BCUT2D eigenvalue weighted by atomic mass is 9.87. The summed E-state index contributed by atoms with van der Waals surface area (Å²) in [6.45, 7) is 1.25. The van der Waals surface area contributed by atoms with Crippen LogP contribution in [-0.4, -0.2) is 72.1 Å². The maximum atomic E-state index is 13.0. The molecule has 0 aliphatic carbocycles. The summed E-state index contributed by atoms with van der Waals surface area (Å²) in [5.41, 5.74) is 1.45. The molecule has 3 rings (SSSR count). The van der Waals surface area contributed by atoms with E-state index in [1.165, 1.54) is 0 Å². The van der Waals surface area contributed by atoms with Gasteiger partial charge in [0.05, 0.1) is 7.11 Å². The summed E-state index contributed by atoms with van der Waals surface area (Å²) in [5.74, 6) is 0.0718. The van der Waals surface area contributed by atoms with Gasteiger partial charge in [-0.1, -0.05) is 0 Å². The van der Waals surface area contributed by atoms with Gasteiger partial charge in [0.1, 0.15) is 11.4 Å². The fourth-order valence-electron chi connectivity index (χ4n) is 4.00. The summed E-state index contributed by atoms with van der Waals surface area (Å²) < 4.78 is 5.24. The van der Waals surface area contributed by atoms with Crippen LogP contribution in [-0.2, 0) is 4.79 Å². The normalized spacial score (nSPS) is 20.2. The summed E-state index contributed by atoms with van der Waals surface area (Å²) in [6.07, 6.45) is 1.55. The largest absolute Gasteiger partial charge is 0.497 e. The number of likely N-dealkylation sites (tertiary alicyclic amines) is 1. The van der Waals surface area contributed by atoms with Crippen molar-refractivity contribution in [2.24, 2.45) is 5.92 Å². The van der Waals surface area contributed by atoms with Crippen LogP contribution in [0.4, 0.5) is 0 Å². The Kier molecular flexibility index (Phi) is 5.70. The number of carboxylic acid groups (broad SMARTS) is 1. The molecule has 1 saturated heterocycles. The van der Waals surface area contributed by atoms with Crippen LogP contribution in [0.5, 0.6) is 5.75 Å². The number of piperidine rings is 1. The van der Waals surface area contributed by atoms with E-state index < -0.39 is 5.97 Å². The number of amides is 1. The van der Waals surface area contributed by atoms with Crippen LogP contribution in [0.3, 0.4) is 0 Å². The van der Waals surface area contributed by atoms with Crippen molar-refractivity contribution in [1.29, 1.82) is 0 Å². The zero-order chi connectivity index (χ0) is 19.6. The first-order chi connectivity index (χ1) is 12.9. The molecule has 0 radical (unpaired) electrons. The molecule has 1 amide bonds. The van der Waals surface area contributed by atoms with Crippen LogP contribution in [0.1, 0.15) is 29.8 Å². The Labute approximate surface area is 158 Å². The van der Waals surface area contributed by atoms with E-state index in [1.54, 1.807) is 7.11 Å². The second kappa shape index (κ2) is 8.00. The van der Waals surface area contributed by atoms with Crippen LogP contribution in [0.15, 0.2) is 24.3 Å². The van der Waals surface area contributed by atoms with Gasteiger partial charge in [0.2, 0.25) is 0 Å². The maximum absolute atomic E-state index is 13.0. The summed E-state index contributed by atoms with van der Waals surface area (Å²) in [6, 6.07) is 7.80. The van der Waals surface area contributed by atoms with E-state index >= 15 is 0 Å². The third-order valence-corrected chi connectivity index (χ3v) is 5.43. The number of aromatic amines is 1. The number of carbonyl (C=O) groups is 2. The molecule has 1 aromatic heterocycles. The van der Waals surface area contributed by atoms with E-state index in [-0.39, 0.29) is 18.2 Å². The van der Waals surface area contributed by atoms with Gasteiger partial charge in [-0.2, -0.15) is 0 Å². The molecule has 2 atom stereocenters. The molecular formula is C20H27N3O4. The van der Waals surface area contributed by atoms with Crippen molar-refractivity contribution in [1.82, 2.24) is 14.8 Å². The van der Waals surface area contributed by atoms with Crippen LogP contribution < -0.4 is 4.74 Å². The van der Waals surface area contributed by atoms with Crippen molar-refractivity contribution in [3.63, 3.8) is 0 Å². The summed E-state index contributed by atoms with van der Waals surface area (Å²) >= 11 is 0. The number of nitrogens with zero attached hydrogens (tertiary/aromatic N) is 2. The molecule has 0 bridgehead atoms. The average molecular weight is 373 g/mol. The number of benzene rings is 1. The van der Waals surface area contributed by atoms with Gasteiger partial charge in [-0.05, 0) is 57.1 Å². The highest BCUT2D eigenvalue weighted by molar-refractivity contribution is 5.98. The second-order valence-electron chi connectivity index (χ2n) is 7.40. The van der Waals surface area contributed by atoms with E-state index in [0.717, 1.165) is 23.1 Å². The number of hydrogen-bond donors (Lipinski definition) is 2. The standard InChI is InChI=1S/C20H27N3O4/c1-22(2)18-8-9-23(12-13(18)4-7-19(24)25)20(26)17-11-14-10-15(27-3)5-6-16(14)21-17/h5-6,10-11,13,18,21H,4,7-9,12H2,1-3H3,(H,24,25)/t13-,18+/m0/s1. The number of rotatable bonds is 6. The Hall–Kier alpha value is -2.54. The Bertz CT molecular complexity index is 830. The molecule has 2 aromatic rings. The fraction of sp³-hybridized carbons (Fsp3) is 0.500. The van der Waals surface area contributed by atoms with Gasteiger partial charge in [0, 0.05) is 36.5 Å². The number of methoxy groups -OCH3 is 1. The quantitative estimate of drug-likeness (QED) is 0.812. The summed E-state index contributed by atoms with van der Waals surface area (Å²) in [5, 5.41) is 9.97. The number of fused-ring (bicyclic) bond motifs is 1. The molecule has 1 aromatic carbocycles. The number of H-pyrrole nitrogens is 1. The summed E-state index contributed by atoms with van der Waals surface area (Å²) in [7, 11) is 5.65. The molecule has 0 spiro atoms. The van der Waals surface area contributed by atoms with Gasteiger partial charge in [-0.25, -0.2) is 0 Å². The second-order valence-corrected chi connectivity index (χ2v) is 7.40. The Balaban J connectivity index is 1.76. The fourth-order valence-corrected chi connectivity index (χ4v) is 4.00. The molecule has 146 valence electrons. The smallest absolute Gasteiger partial charge is 0.303 e. The lowest BCUT2D eigenvalue weighted by Gasteiger charge is -2.41. The number of ether oxygens (including phenoxy) is 1. The Morgan fingerprint density at radius 2 is 2.11 bits per heavy atom. The van der Waals surface area contributed by atoms with Crippen molar-refractivity contribution in [2.45, 2.75) is 25.3 Å². The lowest BCUT2D eigenvalue weighted by Crippen LogP contribution is -2.50. The number of nitrogens with one attached hydrogen (secondary N) is 1. The van der Waals surface area contributed by atoms with Gasteiger partial charge in [-0.15, -0.1) is 0 Å². The molecule has 7 heteroatoms. The Morgan fingerprint density at radius 3 is 2.78 bits per heavy atom. The highest BCUT2D eigenvalue weighted by atomic mass is 16.5. The minimum Gasteiger partial charge on any atom is -0.497 e. The first-order valence-corrected chi connectivity index (χ1v) is 9.23. The van der Waals surface area contributed by atoms with Crippen molar-refractivity contribution < 1.29 is 19.4 Å². The first-order valence-electron chi connectivity index (χ1n) is 9.23.